The number of hydrogen-bond acceptors (Lipinski definition) is 3. The van der Waals surface area contributed by atoms with Gasteiger partial charge in [-0.25, -0.2) is 0 Å². The Balaban J connectivity index is 1.85. The van der Waals surface area contributed by atoms with Crippen LogP contribution >= 0.6 is 0 Å². The molecule has 0 aromatic heterocycles. The highest BCUT2D eigenvalue weighted by Crippen LogP contribution is 2.20. The van der Waals surface area contributed by atoms with Gasteiger partial charge in [-0.1, -0.05) is 19.1 Å². The lowest BCUT2D eigenvalue weighted by Crippen LogP contribution is -2.29. The monoisotopic (exact) mass is 262 g/mol. The van der Waals surface area contributed by atoms with E-state index in [4.69, 9.17) is 4.74 Å². The average Bonchev–Trinajstić information content (AvgIpc) is 2.46. The van der Waals surface area contributed by atoms with E-state index >= 15 is 0 Å². The van der Waals surface area contributed by atoms with Crippen molar-refractivity contribution in [3.05, 3.63) is 29.8 Å². The van der Waals surface area contributed by atoms with E-state index in [0.717, 1.165) is 38.8 Å². The van der Waals surface area contributed by atoms with Crippen LogP contribution in [0.15, 0.2) is 24.3 Å². The summed E-state index contributed by atoms with van der Waals surface area (Å²) in [6.45, 7) is 7.11. The van der Waals surface area contributed by atoms with Gasteiger partial charge in [0.25, 0.3) is 0 Å². The second-order valence-electron chi connectivity index (χ2n) is 5.38. The van der Waals surface area contributed by atoms with Gasteiger partial charge in [0.1, 0.15) is 0 Å². The summed E-state index contributed by atoms with van der Waals surface area (Å²) < 4.78 is 5.41. The number of benzene rings is 1. The van der Waals surface area contributed by atoms with Crippen LogP contribution in [-0.2, 0) is 11.3 Å². The Bertz CT molecular complexity index is 358. The number of ether oxygens (including phenoxy) is 1. The molecule has 0 amide bonds. The Labute approximate surface area is 116 Å². The number of nitrogens with zero attached hydrogens (tertiary/aromatic N) is 1. The number of hydrogen-bond donors (Lipinski definition) is 1. The second-order valence-corrected chi connectivity index (χ2v) is 5.38. The van der Waals surface area contributed by atoms with Crippen molar-refractivity contribution in [1.29, 1.82) is 0 Å². The summed E-state index contributed by atoms with van der Waals surface area (Å²) in [6, 6.07) is 8.90. The Hall–Kier alpha value is -1.06. The average molecular weight is 262 g/mol. The maximum Gasteiger partial charge on any atom is 0.0469 e. The molecular formula is C16H26N2O. The fourth-order valence-electron chi connectivity index (χ4n) is 2.56. The Morgan fingerprint density at radius 3 is 2.53 bits per heavy atom. The van der Waals surface area contributed by atoms with Crippen LogP contribution in [0.25, 0.3) is 0 Å². The summed E-state index contributed by atoms with van der Waals surface area (Å²) in [5.41, 5.74) is 2.66. The zero-order chi connectivity index (χ0) is 13.5. The lowest BCUT2D eigenvalue weighted by Gasteiger charge is -2.28. The van der Waals surface area contributed by atoms with Gasteiger partial charge >= 0.3 is 0 Å². The lowest BCUT2D eigenvalue weighted by molar-refractivity contribution is 0.0685. The molecule has 1 aliphatic rings. The van der Waals surface area contributed by atoms with E-state index in [0.29, 0.717) is 0 Å². The zero-order valence-electron chi connectivity index (χ0n) is 12.2. The van der Waals surface area contributed by atoms with E-state index in [-0.39, 0.29) is 0 Å². The Morgan fingerprint density at radius 2 is 1.89 bits per heavy atom. The van der Waals surface area contributed by atoms with Crippen molar-refractivity contribution < 1.29 is 4.74 Å². The minimum Gasteiger partial charge on any atom is -0.381 e. The highest BCUT2D eigenvalue weighted by molar-refractivity contribution is 5.46. The molecule has 2 rings (SSSR count). The van der Waals surface area contributed by atoms with E-state index in [1.165, 1.54) is 24.1 Å². The number of anilines is 1. The maximum atomic E-state index is 5.41. The second kappa shape index (κ2) is 7.51. The normalized spacial score (nSPS) is 16.5. The molecule has 19 heavy (non-hydrogen) atoms. The molecule has 0 saturated carbocycles. The first-order chi connectivity index (χ1) is 9.29. The van der Waals surface area contributed by atoms with Gasteiger partial charge in [-0.3, -0.25) is 0 Å². The van der Waals surface area contributed by atoms with E-state index in [1.807, 2.05) is 0 Å². The minimum atomic E-state index is 0.778. The third-order valence-corrected chi connectivity index (χ3v) is 3.83. The van der Waals surface area contributed by atoms with Crippen molar-refractivity contribution in [1.82, 2.24) is 5.32 Å². The molecule has 0 bridgehead atoms. The lowest BCUT2D eigenvalue weighted by atomic mass is 9.99. The first-order valence-electron chi connectivity index (χ1n) is 7.38. The molecule has 1 heterocycles. The molecule has 0 atom stereocenters. The van der Waals surface area contributed by atoms with Gasteiger partial charge in [-0.2, -0.15) is 0 Å². The van der Waals surface area contributed by atoms with E-state index in [1.54, 1.807) is 0 Å². The summed E-state index contributed by atoms with van der Waals surface area (Å²) in [5.74, 6) is 0.778. The third kappa shape index (κ3) is 4.51. The largest absolute Gasteiger partial charge is 0.381 e. The fourth-order valence-corrected chi connectivity index (χ4v) is 2.56. The summed E-state index contributed by atoms with van der Waals surface area (Å²) in [5, 5.41) is 3.35. The van der Waals surface area contributed by atoms with Crippen LogP contribution < -0.4 is 10.2 Å². The summed E-state index contributed by atoms with van der Waals surface area (Å²) in [4.78, 5) is 2.37. The van der Waals surface area contributed by atoms with Crippen molar-refractivity contribution in [3.63, 3.8) is 0 Å². The van der Waals surface area contributed by atoms with Crippen LogP contribution in [-0.4, -0.2) is 33.4 Å². The van der Waals surface area contributed by atoms with Crippen LogP contribution in [0.1, 0.15) is 25.3 Å². The standard InChI is InChI=1S/C16H26N2O/c1-3-17-12-14-4-6-16(7-5-14)18(2)13-15-8-10-19-11-9-15/h4-7,15,17H,3,8-13H2,1-2H3. The molecule has 0 spiro atoms. The van der Waals surface area contributed by atoms with Crippen LogP contribution in [0.2, 0.25) is 0 Å². The molecule has 1 aliphatic heterocycles. The Morgan fingerprint density at radius 1 is 1.21 bits per heavy atom. The predicted molar refractivity (Wildman–Crippen MR) is 80.6 cm³/mol. The van der Waals surface area contributed by atoms with E-state index < -0.39 is 0 Å². The van der Waals surface area contributed by atoms with Gasteiger partial charge in [0.2, 0.25) is 0 Å². The van der Waals surface area contributed by atoms with Gasteiger partial charge in [0.15, 0.2) is 0 Å². The molecule has 1 N–H and O–H groups in total. The van der Waals surface area contributed by atoms with Crippen LogP contribution in [0.3, 0.4) is 0 Å². The van der Waals surface area contributed by atoms with E-state index in [9.17, 15) is 0 Å². The van der Waals surface area contributed by atoms with Gasteiger partial charge in [0, 0.05) is 39.0 Å². The third-order valence-electron chi connectivity index (χ3n) is 3.83. The molecule has 1 aromatic rings. The topological polar surface area (TPSA) is 24.5 Å². The molecular weight excluding hydrogens is 236 g/mol. The predicted octanol–water partition coefficient (Wildman–Crippen LogP) is 2.66. The maximum absolute atomic E-state index is 5.41. The first kappa shape index (κ1) is 14.4. The summed E-state index contributed by atoms with van der Waals surface area (Å²) in [6.07, 6.45) is 2.39. The highest BCUT2D eigenvalue weighted by atomic mass is 16.5. The SMILES string of the molecule is CCNCc1ccc(N(C)CC2CCOCC2)cc1. The van der Waals surface area contributed by atoms with Gasteiger partial charge in [0.05, 0.1) is 0 Å². The van der Waals surface area contributed by atoms with Crippen molar-refractivity contribution in [2.45, 2.75) is 26.3 Å². The van der Waals surface area contributed by atoms with Gasteiger partial charge in [-0.15, -0.1) is 0 Å². The van der Waals surface area contributed by atoms with Gasteiger partial charge in [-0.05, 0) is 43.0 Å². The highest BCUT2D eigenvalue weighted by Gasteiger charge is 2.15. The molecule has 1 fully saturated rings. The number of nitrogens with one attached hydrogen (secondary N) is 1. The molecule has 0 unspecified atom stereocenters. The molecule has 1 aromatic carbocycles. The van der Waals surface area contributed by atoms with Crippen molar-refractivity contribution in [3.8, 4) is 0 Å². The smallest absolute Gasteiger partial charge is 0.0469 e. The first-order valence-corrected chi connectivity index (χ1v) is 7.38. The van der Waals surface area contributed by atoms with Gasteiger partial charge < -0.3 is 15.0 Å². The molecule has 3 nitrogen and oxygen atoms in total. The molecule has 106 valence electrons. The molecule has 0 aliphatic carbocycles. The number of rotatable bonds is 6. The molecule has 0 radical (unpaired) electrons. The van der Waals surface area contributed by atoms with Crippen LogP contribution in [0.4, 0.5) is 5.69 Å². The zero-order valence-corrected chi connectivity index (χ0v) is 12.2. The van der Waals surface area contributed by atoms with Crippen molar-refractivity contribution >= 4 is 5.69 Å². The van der Waals surface area contributed by atoms with Crippen LogP contribution in [0.5, 0.6) is 0 Å². The van der Waals surface area contributed by atoms with Crippen molar-refractivity contribution in [2.75, 3.05) is 38.3 Å². The Kier molecular flexibility index (Phi) is 5.67. The van der Waals surface area contributed by atoms with Crippen LogP contribution in [0, 0.1) is 5.92 Å². The van der Waals surface area contributed by atoms with E-state index in [2.05, 4.69) is 48.5 Å². The van der Waals surface area contributed by atoms with Crippen molar-refractivity contribution in [2.24, 2.45) is 5.92 Å². The molecule has 1 saturated heterocycles. The fraction of sp³-hybridized carbons (Fsp3) is 0.625. The summed E-state index contributed by atoms with van der Waals surface area (Å²) >= 11 is 0. The quantitative estimate of drug-likeness (QED) is 0.853. The minimum absolute atomic E-state index is 0.778. The molecule has 3 heteroatoms. The summed E-state index contributed by atoms with van der Waals surface area (Å²) in [7, 11) is 2.19.